The highest BCUT2D eigenvalue weighted by molar-refractivity contribution is 9.10. The van der Waals surface area contributed by atoms with Crippen LogP contribution in [-0.4, -0.2) is 15.3 Å². The molecule has 0 spiro atoms. The topological polar surface area (TPSA) is 82.2 Å². The number of ketones is 1. The number of aromatic nitrogens is 1. The van der Waals surface area contributed by atoms with Gasteiger partial charge in [-0.3, -0.25) is 19.7 Å². The van der Waals surface area contributed by atoms with Crippen molar-refractivity contribution in [2.45, 2.75) is 20.4 Å². The van der Waals surface area contributed by atoms with Crippen molar-refractivity contribution in [3.8, 4) is 0 Å². The number of halogens is 1. The van der Waals surface area contributed by atoms with E-state index in [0.29, 0.717) is 0 Å². The molecule has 1 rings (SSSR count). The Labute approximate surface area is 99.2 Å². The Morgan fingerprint density at radius 3 is 2.62 bits per heavy atom. The number of carbonyl (C=O) groups excluding carboxylic acids is 1. The molecule has 0 aliphatic rings. The van der Waals surface area contributed by atoms with E-state index in [1.54, 1.807) is 0 Å². The molecule has 0 saturated heterocycles. The van der Waals surface area contributed by atoms with Crippen LogP contribution in [0.1, 0.15) is 12.5 Å². The third-order valence-electron chi connectivity index (χ3n) is 2.03. The third-order valence-corrected chi connectivity index (χ3v) is 2.96. The summed E-state index contributed by atoms with van der Waals surface area (Å²) in [5.74, 6) is -0.243. The van der Waals surface area contributed by atoms with E-state index in [4.69, 9.17) is 0 Å². The summed E-state index contributed by atoms with van der Waals surface area (Å²) in [5, 5.41) is 10.7. The van der Waals surface area contributed by atoms with E-state index in [9.17, 15) is 19.7 Å². The molecule has 86 valence electrons. The van der Waals surface area contributed by atoms with E-state index in [-0.39, 0.29) is 28.1 Å². The zero-order valence-corrected chi connectivity index (χ0v) is 10.3. The Morgan fingerprint density at radius 2 is 2.19 bits per heavy atom. The molecule has 0 aromatic carbocycles. The monoisotopic (exact) mass is 288 g/mol. The Balaban J connectivity index is 3.47. The van der Waals surface area contributed by atoms with Crippen molar-refractivity contribution in [1.82, 2.24) is 4.57 Å². The smallest absolute Gasteiger partial charge is 0.289 e. The van der Waals surface area contributed by atoms with Gasteiger partial charge in [0.1, 0.15) is 5.78 Å². The molecular weight excluding hydrogens is 280 g/mol. The maximum Gasteiger partial charge on any atom is 0.289 e. The van der Waals surface area contributed by atoms with Crippen LogP contribution in [0.4, 0.5) is 5.69 Å². The van der Waals surface area contributed by atoms with E-state index < -0.39 is 10.5 Å². The molecule has 1 aromatic rings. The minimum absolute atomic E-state index is 0.114. The number of hydrogen-bond donors (Lipinski definition) is 0. The first-order valence-corrected chi connectivity index (χ1v) is 5.17. The number of hydrogen-bond acceptors (Lipinski definition) is 4. The molecular formula is C9H9BrN2O4. The number of rotatable bonds is 3. The first-order valence-electron chi connectivity index (χ1n) is 4.38. The van der Waals surface area contributed by atoms with Gasteiger partial charge in [-0.25, -0.2) is 0 Å². The van der Waals surface area contributed by atoms with Gasteiger partial charge < -0.3 is 4.57 Å². The van der Waals surface area contributed by atoms with Crippen molar-refractivity contribution in [2.75, 3.05) is 0 Å². The number of Topliss-reactive ketones (excluding diaryl/α,β-unsaturated/α-hetero) is 1. The van der Waals surface area contributed by atoms with Crippen LogP contribution in [0.5, 0.6) is 0 Å². The van der Waals surface area contributed by atoms with Crippen molar-refractivity contribution in [2.24, 2.45) is 0 Å². The van der Waals surface area contributed by atoms with Crippen molar-refractivity contribution >= 4 is 27.4 Å². The second kappa shape index (κ2) is 4.56. The van der Waals surface area contributed by atoms with E-state index in [1.807, 2.05) is 0 Å². The number of pyridine rings is 1. The first kappa shape index (κ1) is 12.6. The molecule has 1 heterocycles. The highest BCUT2D eigenvalue weighted by atomic mass is 79.9. The molecule has 0 fully saturated rings. The lowest BCUT2D eigenvalue weighted by atomic mass is 10.2. The fourth-order valence-corrected chi connectivity index (χ4v) is 1.67. The molecule has 6 nitrogen and oxygen atoms in total. The van der Waals surface area contributed by atoms with Crippen molar-refractivity contribution < 1.29 is 9.72 Å². The summed E-state index contributed by atoms with van der Waals surface area (Å²) in [6.45, 7) is 2.62. The summed E-state index contributed by atoms with van der Waals surface area (Å²) in [7, 11) is 0. The van der Waals surface area contributed by atoms with Gasteiger partial charge in [0.15, 0.2) is 0 Å². The molecule has 16 heavy (non-hydrogen) atoms. The lowest BCUT2D eigenvalue weighted by molar-refractivity contribution is -0.386. The Morgan fingerprint density at radius 1 is 1.62 bits per heavy atom. The highest BCUT2D eigenvalue weighted by Gasteiger charge is 2.18. The summed E-state index contributed by atoms with van der Waals surface area (Å²) < 4.78 is 1.14. The number of nitro groups is 1. The number of carbonyl (C=O) groups is 1. The minimum Gasteiger partial charge on any atom is -0.300 e. The highest BCUT2D eigenvalue weighted by Crippen LogP contribution is 2.21. The van der Waals surface area contributed by atoms with Crippen molar-refractivity contribution in [3.05, 3.63) is 36.7 Å². The van der Waals surface area contributed by atoms with Gasteiger partial charge in [0.05, 0.1) is 22.1 Å². The Hall–Kier alpha value is -1.50. The molecule has 0 radical (unpaired) electrons. The molecule has 0 atom stereocenters. The fourth-order valence-electron chi connectivity index (χ4n) is 1.24. The molecule has 0 saturated carbocycles. The lowest BCUT2D eigenvalue weighted by Crippen LogP contribution is -2.24. The molecule has 0 bridgehead atoms. The molecule has 0 N–H and O–H groups in total. The fraction of sp³-hybridized carbons (Fsp3) is 0.333. The standard InChI is InChI=1S/C9H9BrN2O4/c1-5(13)3-11-4-7(12(15)16)6(2)8(10)9(11)14/h4H,3H2,1-2H3. The van der Waals surface area contributed by atoms with Crippen LogP contribution < -0.4 is 5.56 Å². The molecule has 0 aliphatic carbocycles. The van der Waals surface area contributed by atoms with Gasteiger partial charge >= 0.3 is 0 Å². The van der Waals surface area contributed by atoms with E-state index >= 15 is 0 Å². The zero-order valence-electron chi connectivity index (χ0n) is 8.69. The third kappa shape index (κ3) is 2.35. The van der Waals surface area contributed by atoms with Crippen LogP contribution in [0.15, 0.2) is 15.5 Å². The number of nitrogens with zero attached hydrogens (tertiary/aromatic N) is 2. The van der Waals surface area contributed by atoms with Crippen LogP contribution >= 0.6 is 15.9 Å². The van der Waals surface area contributed by atoms with Gasteiger partial charge in [-0.1, -0.05) is 0 Å². The van der Waals surface area contributed by atoms with Crippen LogP contribution in [0.2, 0.25) is 0 Å². The largest absolute Gasteiger partial charge is 0.300 e. The molecule has 7 heteroatoms. The second-order valence-corrected chi connectivity index (χ2v) is 4.14. The van der Waals surface area contributed by atoms with Crippen LogP contribution in [0.3, 0.4) is 0 Å². The quantitative estimate of drug-likeness (QED) is 0.622. The lowest BCUT2D eigenvalue weighted by Gasteiger charge is -2.06. The van der Waals surface area contributed by atoms with Gasteiger partial charge in [-0.15, -0.1) is 0 Å². The summed E-state index contributed by atoms with van der Waals surface area (Å²) in [5.41, 5.74) is -0.374. The van der Waals surface area contributed by atoms with Gasteiger partial charge in [0, 0.05) is 5.56 Å². The molecule has 0 aliphatic heterocycles. The van der Waals surface area contributed by atoms with E-state index in [1.165, 1.54) is 13.8 Å². The Bertz CT molecular complexity index is 521. The predicted molar refractivity (Wildman–Crippen MR) is 60.5 cm³/mol. The van der Waals surface area contributed by atoms with Gasteiger partial charge in [-0.05, 0) is 29.8 Å². The van der Waals surface area contributed by atoms with Crippen molar-refractivity contribution in [1.29, 1.82) is 0 Å². The van der Waals surface area contributed by atoms with Gasteiger partial charge in [0.2, 0.25) is 0 Å². The minimum atomic E-state index is -0.587. The maximum absolute atomic E-state index is 11.6. The zero-order chi connectivity index (χ0) is 12.5. The summed E-state index contributed by atoms with van der Waals surface area (Å²) in [6.07, 6.45) is 1.09. The van der Waals surface area contributed by atoms with Crippen LogP contribution in [0.25, 0.3) is 0 Å². The van der Waals surface area contributed by atoms with Gasteiger partial charge in [0.25, 0.3) is 11.2 Å². The maximum atomic E-state index is 11.6. The molecule has 0 unspecified atom stereocenters. The SMILES string of the molecule is CC(=O)Cn1cc([N+](=O)[O-])c(C)c(Br)c1=O. The van der Waals surface area contributed by atoms with Crippen LogP contribution in [-0.2, 0) is 11.3 Å². The van der Waals surface area contributed by atoms with Crippen molar-refractivity contribution in [3.63, 3.8) is 0 Å². The normalized spacial score (nSPS) is 10.2. The van der Waals surface area contributed by atoms with Crippen LogP contribution in [0, 0.1) is 17.0 Å². The molecule has 1 aromatic heterocycles. The summed E-state index contributed by atoms with van der Waals surface area (Å²) >= 11 is 2.99. The predicted octanol–water partition coefficient (Wildman–Crippen LogP) is 1.42. The summed E-state index contributed by atoms with van der Waals surface area (Å²) in [6, 6.07) is 0. The van der Waals surface area contributed by atoms with Gasteiger partial charge in [-0.2, -0.15) is 0 Å². The average Bonchev–Trinajstić information content (AvgIpc) is 2.18. The van der Waals surface area contributed by atoms with E-state index in [0.717, 1.165) is 10.8 Å². The second-order valence-electron chi connectivity index (χ2n) is 3.35. The summed E-state index contributed by atoms with van der Waals surface area (Å²) in [4.78, 5) is 32.7. The first-order chi connectivity index (χ1) is 7.34. The Kier molecular flexibility index (Phi) is 3.58. The average molecular weight is 289 g/mol. The van der Waals surface area contributed by atoms with E-state index in [2.05, 4.69) is 15.9 Å². The molecule has 0 amide bonds.